The summed E-state index contributed by atoms with van der Waals surface area (Å²) in [6, 6.07) is 9.28. The Labute approximate surface area is 213 Å². The van der Waals surface area contributed by atoms with Gasteiger partial charge in [0, 0.05) is 43.9 Å². The number of nitrogens with one attached hydrogen (secondary N) is 1. The number of hydrogen-bond donors (Lipinski definition) is 2. The van der Waals surface area contributed by atoms with E-state index < -0.39 is 22.2 Å². The Bertz CT molecular complexity index is 1210. The van der Waals surface area contributed by atoms with E-state index in [-0.39, 0.29) is 42.3 Å². The highest BCUT2D eigenvalue weighted by molar-refractivity contribution is 7.89. The second-order valence-corrected chi connectivity index (χ2v) is 10.8. The summed E-state index contributed by atoms with van der Waals surface area (Å²) in [4.78, 5) is 18.2. The molecule has 2 amide bonds. The Morgan fingerprint density at radius 2 is 2.11 bits per heavy atom. The number of aliphatic hydroxyl groups excluding tert-OH is 1. The van der Waals surface area contributed by atoms with E-state index in [2.05, 4.69) is 22.1 Å². The molecule has 10 heteroatoms. The zero-order chi connectivity index (χ0) is 26.3. The van der Waals surface area contributed by atoms with Gasteiger partial charge in [0.2, 0.25) is 10.0 Å². The second-order valence-electron chi connectivity index (χ2n) is 8.98. The quantitative estimate of drug-likeness (QED) is 0.572. The minimum absolute atomic E-state index is 0.00109. The SMILES string of the molecule is CCCNC(=O)N(C)C[C@@H]1Oc2cc(C#Cc3ccccn3)ccc2S(=O)(=O)N([C@H](C)CO)C[C@@H]1C. The molecule has 3 atom stereocenters. The van der Waals surface area contributed by atoms with Gasteiger partial charge in [-0.25, -0.2) is 18.2 Å². The van der Waals surface area contributed by atoms with Crippen LogP contribution in [0.2, 0.25) is 0 Å². The van der Waals surface area contributed by atoms with Crippen molar-refractivity contribution in [3.05, 3.63) is 53.9 Å². The summed E-state index contributed by atoms with van der Waals surface area (Å²) in [5.41, 5.74) is 1.16. The number of aromatic nitrogens is 1. The molecule has 0 bridgehead atoms. The van der Waals surface area contributed by atoms with Gasteiger partial charge in [-0.2, -0.15) is 4.31 Å². The molecule has 9 nitrogen and oxygen atoms in total. The third-order valence-corrected chi connectivity index (χ3v) is 8.01. The normalized spacial score (nSPS) is 19.9. The van der Waals surface area contributed by atoms with Crippen LogP contribution in [0.5, 0.6) is 5.75 Å². The molecule has 2 N–H and O–H groups in total. The first-order valence-electron chi connectivity index (χ1n) is 12.0. The average molecular weight is 515 g/mol. The van der Waals surface area contributed by atoms with Gasteiger partial charge >= 0.3 is 6.03 Å². The first-order chi connectivity index (χ1) is 17.2. The lowest BCUT2D eigenvalue weighted by atomic mass is 10.0. The number of nitrogens with zero attached hydrogens (tertiary/aromatic N) is 3. The third kappa shape index (κ3) is 6.55. The van der Waals surface area contributed by atoms with Crippen molar-refractivity contribution in [3.8, 4) is 17.6 Å². The van der Waals surface area contributed by atoms with E-state index in [1.54, 1.807) is 44.4 Å². The molecule has 194 valence electrons. The third-order valence-electron chi connectivity index (χ3n) is 5.99. The number of amides is 2. The number of sulfonamides is 1. The summed E-state index contributed by atoms with van der Waals surface area (Å²) >= 11 is 0. The fourth-order valence-electron chi connectivity index (χ4n) is 3.81. The minimum atomic E-state index is -3.96. The molecule has 0 saturated carbocycles. The van der Waals surface area contributed by atoms with E-state index in [1.807, 2.05) is 19.9 Å². The van der Waals surface area contributed by atoms with Crippen LogP contribution < -0.4 is 10.1 Å². The highest BCUT2D eigenvalue weighted by Gasteiger charge is 2.38. The molecule has 0 unspecified atom stereocenters. The summed E-state index contributed by atoms with van der Waals surface area (Å²) in [5, 5.41) is 12.6. The minimum Gasteiger partial charge on any atom is -0.487 e. The second kappa shape index (κ2) is 12.2. The predicted octanol–water partition coefficient (Wildman–Crippen LogP) is 2.30. The number of carbonyl (C=O) groups excluding carboxylic acids is 1. The van der Waals surface area contributed by atoms with E-state index in [9.17, 15) is 18.3 Å². The molecule has 1 aliphatic heterocycles. The fourth-order valence-corrected chi connectivity index (χ4v) is 5.64. The van der Waals surface area contributed by atoms with Crippen LogP contribution in [0.1, 0.15) is 38.4 Å². The van der Waals surface area contributed by atoms with Crippen LogP contribution in [0, 0.1) is 17.8 Å². The van der Waals surface area contributed by atoms with Gasteiger partial charge in [0.15, 0.2) is 0 Å². The van der Waals surface area contributed by atoms with E-state index in [4.69, 9.17) is 4.74 Å². The van der Waals surface area contributed by atoms with Crippen LogP contribution in [-0.4, -0.2) is 79.2 Å². The summed E-state index contributed by atoms with van der Waals surface area (Å²) in [5.74, 6) is 5.87. The Balaban J connectivity index is 2.01. The smallest absolute Gasteiger partial charge is 0.317 e. The molecule has 0 saturated heterocycles. The molecule has 0 spiro atoms. The lowest BCUT2D eigenvalue weighted by Crippen LogP contribution is -2.51. The van der Waals surface area contributed by atoms with Crippen molar-refractivity contribution < 1.29 is 23.1 Å². The Hall–Kier alpha value is -3.13. The number of rotatable bonds is 6. The topological polar surface area (TPSA) is 112 Å². The van der Waals surface area contributed by atoms with Gasteiger partial charge in [-0.05, 0) is 49.6 Å². The van der Waals surface area contributed by atoms with Gasteiger partial charge in [-0.15, -0.1) is 0 Å². The van der Waals surface area contributed by atoms with Gasteiger partial charge in [-0.1, -0.05) is 25.8 Å². The number of hydrogen-bond acceptors (Lipinski definition) is 6. The van der Waals surface area contributed by atoms with Crippen molar-refractivity contribution in [2.75, 3.05) is 33.3 Å². The summed E-state index contributed by atoms with van der Waals surface area (Å²) in [6.45, 7) is 6.15. The van der Waals surface area contributed by atoms with Crippen molar-refractivity contribution in [2.24, 2.45) is 5.92 Å². The maximum Gasteiger partial charge on any atom is 0.317 e. The van der Waals surface area contributed by atoms with E-state index in [0.717, 1.165) is 6.42 Å². The van der Waals surface area contributed by atoms with Gasteiger partial charge in [-0.3, -0.25) is 0 Å². The van der Waals surface area contributed by atoms with Crippen LogP contribution in [0.25, 0.3) is 0 Å². The largest absolute Gasteiger partial charge is 0.487 e. The first kappa shape index (κ1) is 27.5. The number of carbonyl (C=O) groups is 1. The number of benzene rings is 1. The number of fused-ring (bicyclic) bond motifs is 1. The van der Waals surface area contributed by atoms with Gasteiger partial charge in [0.25, 0.3) is 0 Å². The molecular formula is C26H34N4O5S. The molecule has 36 heavy (non-hydrogen) atoms. The average Bonchev–Trinajstić information content (AvgIpc) is 2.88. The molecule has 0 radical (unpaired) electrons. The van der Waals surface area contributed by atoms with Crippen molar-refractivity contribution in [1.29, 1.82) is 0 Å². The van der Waals surface area contributed by atoms with Crippen molar-refractivity contribution in [2.45, 2.75) is 44.2 Å². The highest BCUT2D eigenvalue weighted by atomic mass is 32.2. The zero-order valence-corrected chi connectivity index (χ0v) is 22.0. The van der Waals surface area contributed by atoms with Crippen LogP contribution in [-0.2, 0) is 10.0 Å². The fraction of sp³-hybridized carbons (Fsp3) is 0.462. The van der Waals surface area contributed by atoms with Gasteiger partial charge in [0.05, 0.1) is 13.2 Å². The van der Waals surface area contributed by atoms with Crippen molar-refractivity contribution >= 4 is 16.1 Å². The van der Waals surface area contributed by atoms with E-state index >= 15 is 0 Å². The van der Waals surface area contributed by atoms with Crippen LogP contribution >= 0.6 is 0 Å². The molecule has 0 aliphatic carbocycles. The van der Waals surface area contributed by atoms with Crippen LogP contribution in [0.15, 0.2) is 47.5 Å². The number of pyridine rings is 1. The standard InChI is InChI=1S/C26H34N4O5S/c1-5-13-28-26(32)29(4)17-24-19(2)16-30(20(3)18-31)36(33,34)25-12-10-21(15-23(25)35-24)9-11-22-8-6-7-14-27-22/h6-8,10,12,14-15,19-20,24,31H,5,13,16-18H2,1-4H3,(H,28,32)/t19-,20+,24-/m0/s1. The lowest BCUT2D eigenvalue weighted by Gasteiger charge is -2.37. The Morgan fingerprint density at radius 3 is 2.78 bits per heavy atom. The van der Waals surface area contributed by atoms with E-state index in [1.165, 1.54) is 15.3 Å². The molecule has 1 aromatic carbocycles. The monoisotopic (exact) mass is 514 g/mol. The summed E-state index contributed by atoms with van der Waals surface area (Å²) in [7, 11) is -2.28. The molecule has 2 aromatic rings. The highest BCUT2D eigenvalue weighted by Crippen LogP contribution is 2.34. The number of aliphatic hydroxyl groups is 1. The molecule has 0 fully saturated rings. The number of urea groups is 1. The molecular weight excluding hydrogens is 480 g/mol. The summed E-state index contributed by atoms with van der Waals surface area (Å²) < 4.78 is 34.8. The predicted molar refractivity (Wildman–Crippen MR) is 137 cm³/mol. The van der Waals surface area contributed by atoms with Crippen LogP contribution in [0.3, 0.4) is 0 Å². The maximum absolute atomic E-state index is 13.6. The lowest BCUT2D eigenvalue weighted by molar-refractivity contribution is 0.0812. The zero-order valence-electron chi connectivity index (χ0n) is 21.1. The Morgan fingerprint density at radius 1 is 1.33 bits per heavy atom. The van der Waals surface area contributed by atoms with Crippen LogP contribution in [0.4, 0.5) is 4.79 Å². The Kier molecular flexibility index (Phi) is 9.31. The molecule has 3 rings (SSSR count). The summed E-state index contributed by atoms with van der Waals surface area (Å²) in [6.07, 6.45) is 1.97. The van der Waals surface area contributed by atoms with E-state index in [0.29, 0.717) is 17.8 Å². The van der Waals surface area contributed by atoms with Gasteiger partial charge in [0.1, 0.15) is 22.4 Å². The molecule has 1 aromatic heterocycles. The van der Waals surface area contributed by atoms with Gasteiger partial charge < -0.3 is 20.1 Å². The molecule has 1 aliphatic rings. The number of likely N-dealkylation sites (N-methyl/N-ethyl adjacent to an activating group) is 1. The first-order valence-corrected chi connectivity index (χ1v) is 13.5. The maximum atomic E-state index is 13.6. The molecule has 2 heterocycles. The van der Waals surface area contributed by atoms with Crippen molar-refractivity contribution in [3.63, 3.8) is 0 Å². The number of ether oxygens (including phenoxy) is 1. The van der Waals surface area contributed by atoms with Crippen molar-refractivity contribution in [1.82, 2.24) is 19.5 Å².